The van der Waals surface area contributed by atoms with Crippen molar-refractivity contribution in [3.63, 3.8) is 0 Å². The average molecular weight is 471 g/mol. The molecule has 2 aliphatic heterocycles. The first-order valence-corrected chi connectivity index (χ1v) is 12.6. The van der Waals surface area contributed by atoms with Crippen LogP contribution in [0.1, 0.15) is 53.9 Å². The molecule has 3 aliphatic rings. The molecule has 2 atom stereocenters. The molecular weight excluding hydrogens is 440 g/mol. The van der Waals surface area contributed by atoms with Crippen LogP contribution in [0.4, 0.5) is 0 Å². The van der Waals surface area contributed by atoms with Crippen molar-refractivity contribution in [2.45, 2.75) is 44.1 Å². The second-order valence-corrected chi connectivity index (χ2v) is 10.2. The number of hydrogen-bond acceptors (Lipinski definition) is 5. The number of ether oxygens (including phenoxy) is 2. The van der Waals surface area contributed by atoms with Gasteiger partial charge < -0.3 is 14.4 Å². The van der Waals surface area contributed by atoms with E-state index in [1.165, 1.54) is 19.1 Å². The number of fused-ring (bicyclic) bond motifs is 1. The van der Waals surface area contributed by atoms with Gasteiger partial charge in [-0.25, -0.2) is 4.79 Å². The van der Waals surface area contributed by atoms with Gasteiger partial charge in [0, 0.05) is 36.8 Å². The van der Waals surface area contributed by atoms with Crippen molar-refractivity contribution in [3.05, 3.63) is 65.9 Å². The number of benzene rings is 2. The van der Waals surface area contributed by atoms with Crippen molar-refractivity contribution in [1.29, 1.82) is 0 Å². The number of carbonyl (C=O) groups excluding carboxylic acids is 2. The fourth-order valence-corrected chi connectivity index (χ4v) is 6.02. The van der Waals surface area contributed by atoms with Gasteiger partial charge in [-0.3, -0.25) is 9.78 Å². The Hall–Kier alpha value is -3.25. The van der Waals surface area contributed by atoms with Gasteiger partial charge in [-0.15, -0.1) is 0 Å². The Morgan fingerprint density at radius 1 is 1.11 bits per heavy atom. The van der Waals surface area contributed by atoms with Crippen LogP contribution in [-0.4, -0.2) is 54.7 Å². The summed E-state index contributed by atoms with van der Waals surface area (Å²) < 4.78 is 10.5. The number of nitrogens with zero attached hydrogens (tertiary/aromatic N) is 2. The molecule has 6 heteroatoms. The highest BCUT2D eigenvalue weighted by atomic mass is 16.5. The fraction of sp³-hybridized carbons (Fsp3) is 0.414. The largest absolute Gasteiger partial charge is 0.465 e. The van der Waals surface area contributed by atoms with E-state index in [0.717, 1.165) is 67.4 Å². The standard InChI is InChI=1S/C29H30N2O4/c1-34-28(33)22-5-2-4-21-16-25(30-18-23(21)22)20-9-7-19(8-10-20)24-17-29(24)11-13-31(14-12-29)27(32)26-6-3-15-35-26/h2,4-5,7-10,16,18,24,26H,3,6,11-15,17H2,1H3/t24?,26-/m1/s1. The lowest BCUT2D eigenvalue weighted by molar-refractivity contribution is -0.142. The molecule has 6 rings (SSSR count). The van der Waals surface area contributed by atoms with Crippen LogP contribution in [0.5, 0.6) is 0 Å². The number of aromatic nitrogens is 1. The van der Waals surface area contributed by atoms with Gasteiger partial charge in [0.2, 0.25) is 0 Å². The van der Waals surface area contributed by atoms with E-state index in [1.807, 2.05) is 23.1 Å². The minimum absolute atomic E-state index is 0.195. The maximum atomic E-state index is 12.7. The summed E-state index contributed by atoms with van der Waals surface area (Å²) in [5, 5.41) is 1.76. The number of methoxy groups -OCH3 is 1. The van der Waals surface area contributed by atoms with Crippen LogP contribution in [0, 0.1) is 5.41 Å². The van der Waals surface area contributed by atoms with Crippen LogP contribution >= 0.6 is 0 Å². The molecule has 6 nitrogen and oxygen atoms in total. The van der Waals surface area contributed by atoms with E-state index in [4.69, 9.17) is 9.47 Å². The Bertz CT molecular complexity index is 1270. The summed E-state index contributed by atoms with van der Waals surface area (Å²) in [7, 11) is 1.39. The summed E-state index contributed by atoms with van der Waals surface area (Å²) in [4.78, 5) is 31.4. The Kier molecular flexibility index (Phi) is 5.56. The SMILES string of the molecule is COC(=O)c1cccc2cc(-c3ccc(C4CC45CCN(C(=O)[C@H]4CCCO4)CC5)cc3)ncc12. The number of amides is 1. The molecule has 1 aromatic heterocycles. The van der Waals surface area contributed by atoms with E-state index >= 15 is 0 Å². The van der Waals surface area contributed by atoms with Crippen LogP contribution in [-0.2, 0) is 14.3 Å². The van der Waals surface area contributed by atoms with E-state index in [1.54, 1.807) is 12.3 Å². The second-order valence-electron chi connectivity index (χ2n) is 10.2. The van der Waals surface area contributed by atoms with Crippen LogP contribution in [0.25, 0.3) is 22.0 Å². The first-order valence-electron chi connectivity index (χ1n) is 12.6. The number of pyridine rings is 1. The molecule has 1 unspecified atom stereocenters. The maximum absolute atomic E-state index is 12.7. The minimum atomic E-state index is -0.352. The van der Waals surface area contributed by atoms with Gasteiger partial charge in [0.05, 0.1) is 18.4 Å². The minimum Gasteiger partial charge on any atom is -0.465 e. The van der Waals surface area contributed by atoms with E-state index in [9.17, 15) is 9.59 Å². The van der Waals surface area contributed by atoms with E-state index in [2.05, 4.69) is 29.2 Å². The summed E-state index contributed by atoms with van der Waals surface area (Å²) in [6, 6.07) is 16.4. The first kappa shape index (κ1) is 22.2. The van der Waals surface area contributed by atoms with Crippen LogP contribution in [0.2, 0.25) is 0 Å². The van der Waals surface area contributed by atoms with Gasteiger partial charge in [0.15, 0.2) is 0 Å². The van der Waals surface area contributed by atoms with Crippen LogP contribution in [0.15, 0.2) is 54.7 Å². The Morgan fingerprint density at radius 3 is 2.63 bits per heavy atom. The number of piperidine rings is 1. The molecule has 0 N–H and O–H groups in total. The molecule has 3 heterocycles. The lowest BCUT2D eigenvalue weighted by Gasteiger charge is -2.34. The molecule has 0 radical (unpaired) electrons. The molecular formula is C29H30N2O4. The molecule has 2 aromatic carbocycles. The molecule has 1 saturated carbocycles. The van der Waals surface area contributed by atoms with Gasteiger partial charge in [-0.1, -0.05) is 36.4 Å². The quantitative estimate of drug-likeness (QED) is 0.504. The van der Waals surface area contributed by atoms with Gasteiger partial charge in [0.25, 0.3) is 5.91 Å². The monoisotopic (exact) mass is 470 g/mol. The molecule has 3 fully saturated rings. The molecule has 2 saturated heterocycles. The molecule has 35 heavy (non-hydrogen) atoms. The number of hydrogen-bond donors (Lipinski definition) is 0. The maximum Gasteiger partial charge on any atom is 0.338 e. The zero-order valence-corrected chi connectivity index (χ0v) is 20.0. The van der Waals surface area contributed by atoms with Crippen molar-refractivity contribution in [2.24, 2.45) is 5.41 Å². The van der Waals surface area contributed by atoms with E-state index in [0.29, 0.717) is 16.9 Å². The van der Waals surface area contributed by atoms with Gasteiger partial charge in [-0.2, -0.15) is 0 Å². The summed E-state index contributed by atoms with van der Waals surface area (Å²) >= 11 is 0. The van der Waals surface area contributed by atoms with Gasteiger partial charge in [0.1, 0.15) is 6.10 Å². The van der Waals surface area contributed by atoms with Crippen LogP contribution in [0.3, 0.4) is 0 Å². The summed E-state index contributed by atoms with van der Waals surface area (Å²) in [6.07, 6.45) is 6.77. The van der Waals surface area contributed by atoms with Crippen molar-refractivity contribution in [3.8, 4) is 11.3 Å². The normalized spacial score (nSPS) is 22.9. The Morgan fingerprint density at radius 2 is 1.91 bits per heavy atom. The molecule has 180 valence electrons. The highest BCUT2D eigenvalue weighted by molar-refractivity contribution is 6.04. The topological polar surface area (TPSA) is 68.7 Å². The predicted molar refractivity (Wildman–Crippen MR) is 133 cm³/mol. The van der Waals surface area contributed by atoms with Crippen LogP contribution < -0.4 is 0 Å². The first-order chi connectivity index (χ1) is 17.1. The smallest absolute Gasteiger partial charge is 0.338 e. The fourth-order valence-electron chi connectivity index (χ4n) is 6.02. The number of likely N-dealkylation sites (tertiary alicyclic amines) is 1. The zero-order valence-electron chi connectivity index (χ0n) is 20.0. The van der Waals surface area contributed by atoms with Crippen molar-refractivity contribution < 1.29 is 19.1 Å². The molecule has 3 aromatic rings. The van der Waals surface area contributed by atoms with Crippen molar-refractivity contribution in [1.82, 2.24) is 9.88 Å². The third-order valence-electron chi connectivity index (χ3n) is 8.24. The molecule has 1 aliphatic carbocycles. The Balaban J connectivity index is 1.14. The Labute approximate surface area is 205 Å². The third-order valence-corrected chi connectivity index (χ3v) is 8.24. The average Bonchev–Trinajstić information content (AvgIpc) is 3.32. The van der Waals surface area contributed by atoms with Crippen molar-refractivity contribution in [2.75, 3.05) is 26.8 Å². The highest BCUT2D eigenvalue weighted by Gasteiger charge is 2.55. The lowest BCUT2D eigenvalue weighted by atomic mass is 9.88. The zero-order chi connectivity index (χ0) is 24.0. The number of esters is 1. The summed E-state index contributed by atoms with van der Waals surface area (Å²) in [5.74, 6) is 0.416. The molecule has 1 amide bonds. The number of rotatable bonds is 4. The van der Waals surface area contributed by atoms with Gasteiger partial charge >= 0.3 is 5.97 Å². The highest BCUT2D eigenvalue weighted by Crippen LogP contribution is 2.65. The predicted octanol–water partition coefficient (Wildman–Crippen LogP) is 4.96. The summed E-state index contributed by atoms with van der Waals surface area (Å²) in [5.41, 5.74) is 4.20. The lowest BCUT2D eigenvalue weighted by Crippen LogP contribution is -2.44. The summed E-state index contributed by atoms with van der Waals surface area (Å²) in [6.45, 7) is 2.42. The molecule has 0 bridgehead atoms. The molecule has 1 spiro atoms. The second kappa shape index (κ2) is 8.76. The van der Waals surface area contributed by atoms with Gasteiger partial charge in [-0.05, 0) is 66.5 Å². The van der Waals surface area contributed by atoms with E-state index < -0.39 is 0 Å². The van der Waals surface area contributed by atoms with Crippen molar-refractivity contribution >= 4 is 22.6 Å². The number of carbonyl (C=O) groups is 2. The third kappa shape index (κ3) is 4.00. The van der Waals surface area contributed by atoms with E-state index in [-0.39, 0.29) is 18.0 Å².